The van der Waals surface area contributed by atoms with Crippen LogP contribution in [-0.4, -0.2) is 11.5 Å². The van der Waals surface area contributed by atoms with Crippen LogP contribution in [0.5, 0.6) is 0 Å². The maximum atomic E-state index is 9.28. The number of anilines is 1. The van der Waals surface area contributed by atoms with Gasteiger partial charge in [0.25, 0.3) is 0 Å². The topological polar surface area (TPSA) is 63.7 Å². The minimum absolute atomic E-state index is 0.0712. The van der Waals surface area contributed by atoms with Gasteiger partial charge in [-0.3, -0.25) is 0 Å². The minimum Gasteiger partial charge on any atom is -0.344 e. The molecular weight excluding hydrogens is 388 g/mol. The van der Waals surface area contributed by atoms with E-state index >= 15 is 0 Å². The average molecular weight is 415 g/mol. The van der Waals surface area contributed by atoms with Gasteiger partial charge < -0.3 is 4.90 Å². The first-order valence-corrected chi connectivity index (χ1v) is 11.1. The van der Waals surface area contributed by atoms with Crippen molar-refractivity contribution in [1.82, 2.24) is 4.98 Å². The summed E-state index contributed by atoms with van der Waals surface area (Å²) in [6.45, 7) is 12.0. The van der Waals surface area contributed by atoms with Gasteiger partial charge in [0, 0.05) is 28.8 Å². The number of benzene rings is 1. The van der Waals surface area contributed by atoms with Crippen molar-refractivity contribution in [3.8, 4) is 12.1 Å². The molecule has 0 N–H and O–H groups in total. The minimum atomic E-state index is -0.179. The van der Waals surface area contributed by atoms with Gasteiger partial charge in [-0.2, -0.15) is 10.5 Å². The zero-order valence-corrected chi connectivity index (χ0v) is 19.0. The number of thiazole rings is 1. The first-order valence-electron chi connectivity index (χ1n) is 10.3. The second kappa shape index (κ2) is 7.11. The van der Waals surface area contributed by atoms with Gasteiger partial charge in [-0.05, 0) is 36.1 Å². The van der Waals surface area contributed by atoms with Crippen LogP contribution in [-0.2, 0) is 17.3 Å². The van der Waals surface area contributed by atoms with Crippen molar-refractivity contribution in [1.29, 1.82) is 10.5 Å². The maximum absolute atomic E-state index is 9.28. The lowest BCUT2D eigenvalue weighted by Gasteiger charge is -2.30. The molecule has 3 heterocycles. The molecule has 30 heavy (non-hydrogen) atoms. The van der Waals surface area contributed by atoms with Gasteiger partial charge in [-0.25, -0.2) is 4.98 Å². The van der Waals surface area contributed by atoms with E-state index in [9.17, 15) is 10.5 Å². The van der Waals surface area contributed by atoms with Crippen molar-refractivity contribution in [2.75, 3.05) is 11.4 Å². The molecule has 1 aromatic heterocycles. The van der Waals surface area contributed by atoms with Crippen molar-refractivity contribution in [2.45, 2.75) is 58.3 Å². The number of para-hydroxylation sites is 1. The molecule has 1 aromatic carbocycles. The molecule has 0 bridgehead atoms. The van der Waals surface area contributed by atoms with Crippen LogP contribution in [0.4, 0.5) is 5.69 Å². The van der Waals surface area contributed by atoms with E-state index in [0.717, 1.165) is 29.6 Å². The van der Waals surface area contributed by atoms with Crippen LogP contribution in [0.2, 0.25) is 0 Å². The number of hydrogen-bond donors (Lipinski definition) is 0. The van der Waals surface area contributed by atoms with E-state index in [-0.39, 0.29) is 16.4 Å². The van der Waals surface area contributed by atoms with Gasteiger partial charge in [0.2, 0.25) is 0 Å². The van der Waals surface area contributed by atoms with Crippen LogP contribution in [0, 0.1) is 22.7 Å². The number of aromatic nitrogens is 1. The molecule has 0 fully saturated rings. The highest BCUT2D eigenvalue weighted by molar-refractivity contribution is 7.07. The van der Waals surface area contributed by atoms with Crippen molar-refractivity contribution in [3.05, 3.63) is 56.0 Å². The average Bonchev–Trinajstić information content (AvgIpc) is 3.21. The lowest BCUT2D eigenvalue weighted by Crippen LogP contribution is -2.29. The molecule has 0 amide bonds. The Balaban J connectivity index is 1.92. The van der Waals surface area contributed by atoms with Crippen molar-refractivity contribution >= 4 is 28.7 Å². The third kappa shape index (κ3) is 3.15. The van der Waals surface area contributed by atoms with E-state index in [2.05, 4.69) is 74.9 Å². The molecule has 0 unspecified atom stereocenters. The summed E-state index contributed by atoms with van der Waals surface area (Å²) >= 11 is 1.43. The van der Waals surface area contributed by atoms with Gasteiger partial charge >= 0.3 is 0 Å². The van der Waals surface area contributed by atoms with Crippen LogP contribution >= 0.6 is 11.3 Å². The molecule has 4 rings (SSSR count). The molecule has 0 spiro atoms. The summed E-state index contributed by atoms with van der Waals surface area (Å²) in [6.07, 6.45) is 6.65. The van der Waals surface area contributed by atoms with Crippen molar-refractivity contribution in [2.24, 2.45) is 0 Å². The number of aryl methyl sites for hydroxylation is 1. The zero-order chi connectivity index (χ0) is 21.7. The number of hydrogen-bond acceptors (Lipinski definition) is 5. The number of rotatable bonds is 1. The first-order chi connectivity index (χ1) is 14.2. The third-order valence-corrected chi connectivity index (χ3v) is 7.05. The highest BCUT2D eigenvalue weighted by Gasteiger charge is 2.41. The van der Waals surface area contributed by atoms with Crippen LogP contribution in [0.25, 0.3) is 11.6 Å². The molecule has 2 aliphatic rings. The Morgan fingerprint density at radius 3 is 2.60 bits per heavy atom. The summed E-state index contributed by atoms with van der Waals surface area (Å²) in [7, 11) is 0. The summed E-state index contributed by atoms with van der Waals surface area (Å²) in [4.78, 5) is 7.15. The fourth-order valence-corrected chi connectivity index (χ4v) is 5.66. The molecule has 5 heteroatoms. The Morgan fingerprint density at radius 2 is 1.93 bits per heavy atom. The van der Waals surface area contributed by atoms with Crippen LogP contribution in [0.3, 0.4) is 0 Å². The second-order valence-corrected chi connectivity index (χ2v) is 10.5. The highest BCUT2D eigenvalue weighted by Crippen LogP contribution is 2.50. The van der Waals surface area contributed by atoms with E-state index < -0.39 is 0 Å². The Hall–Kier alpha value is -2.89. The largest absolute Gasteiger partial charge is 0.344 e. The fraction of sp³-hybridized carbons (Fsp3) is 0.400. The van der Waals surface area contributed by atoms with E-state index in [1.54, 1.807) is 0 Å². The molecule has 0 saturated carbocycles. The molecule has 0 aliphatic carbocycles. The second-order valence-electron chi connectivity index (χ2n) is 9.49. The molecule has 2 aromatic rings. The summed E-state index contributed by atoms with van der Waals surface area (Å²) in [6, 6.07) is 10.6. The van der Waals surface area contributed by atoms with E-state index in [1.807, 2.05) is 12.1 Å². The van der Waals surface area contributed by atoms with Crippen LogP contribution < -0.4 is 14.1 Å². The lowest BCUT2D eigenvalue weighted by molar-refractivity contribution is 0.568. The zero-order valence-electron chi connectivity index (χ0n) is 18.2. The molecular formula is C25H26N4S. The van der Waals surface area contributed by atoms with Gasteiger partial charge in [0.1, 0.15) is 16.8 Å². The Labute approximate surface area is 182 Å². The fourth-order valence-electron chi connectivity index (χ4n) is 4.53. The summed E-state index contributed by atoms with van der Waals surface area (Å²) in [5.74, 6) is 0. The first kappa shape index (κ1) is 20.4. The van der Waals surface area contributed by atoms with Gasteiger partial charge in [0.05, 0.1) is 10.2 Å². The summed E-state index contributed by atoms with van der Waals surface area (Å²) < 4.78 is 1.51. The maximum Gasteiger partial charge on any atom is 0.165 e. The number of nitriles is 2. The molecule has 152 valence electrons. The molecule has 2 aliphatic heterocycles. The third-order valence-electron chi connectivity index (χ3n) is 6.02. The van der Waals surface area contributed by atoms with Crippen LogP contribution in [0.15, 0.2) is 30.0 Å². The SMILES string of the molecule is CC(C)(C)c1nc(=C(C#N)C#N)s/c1=C\C=C1/N2CCCc3cccc(c32)C1(C)C. The van der Waals surface area contributed by atoms with E-state index in [1.165, 1.54) is 33.8 Å². The van der Waals surface area contributed by atoms with Crippen molar-refractivity contribution in [3.63, 3.8) is 0 Å². The molecule has 0 radical (unpaired) electrons. The van der Waals surface area contributed by atoms with Crippen LogP contribution in [0.1, 0.15) is 57.9 Å². The van der Waals surface area contributed by atoms with E-state index in [0.29, 0.717) is 4.66 Å². The summed E-state index contributed by atoms with van der Waals surface area (Å²) in [5.41, 5.74) is 6.27. The predicted octanol–water partition coefficient (Wildman–Crippen LogP) is 4.05. The normalized spacial score (nSPS) is 18.8. The Morgan fingerprint density at radius 1 is 1.20 bits per heavy atom. The van der Waals surface area contributed by atoms with E-state index in [4.69, 9.17) is 0 Å². The summed E-state index contributed by atoms with van der Waals surface area (Å²) in [5, 5.41) is 18.6. The van der Waals surface area contributed by atoms with Gasteiger partial charge in [-0.1, -0.05) is 52.8 Å². The Kier molecular flexibility index (Phi) is 4.83. The number of allylic oxidation sites excluding steroid dienone is 2. The van der Waals surface area contributed by atoms with Crippen molar-refractivity contribution < 1.29 is 0 Å². The molecule has 0 saturated heterocycles. The lowest BCUT2D eigenvalue weighted by atomic mass is 9.83. The smallest absolute Gasteiger partial charge is 0.165 e. The van der Waals surface area contributed by atoms with Gasteiger partial charge in [-0.15, -0.1) is 11.3 Å². The standard InChI is InChI=1S/C25H26N4S/c1-24(2,3)22-19(30-23(28-22)17(14-26)15-27)11-12-20-25(4,5)18-10-6-8-16-9-7-13-29(20)21(16)18/h6,8,10-12H,7,9,13H2,1-5H3/b19-11-,20-12-. The predicted molar refractivity (Wildman–Crippen MR) is 122 cm³/mol. The monoisotopic (exact) mass is 414 g/mol. The Bertz CT molecular complexity index is 1240. The molecule has 0 atom stereocenters. The quantitative estimate of drug-likeness (QED) is 0.706. The van der Waals surface area contributed by atoms with Gasteiger partial charge in [0.15, 0.2) is 5.57 Å². The highest BCUT2D eigenvalue weighted by atomic mass is 32.1. The number of nitrogens with zero attached hydrogens (tertiary/aromatic N) is 4. The molecule has 4 nitrogen and oxygen atoms in total.